The fourth-order valence-corrected chi connectivity index (χ4v) is 5.60. The third-order valence-corrected chi connectivity index (χ3v) is 6.43. The van der Waals surface area contributed by atoms with Crippen molar-refractivity contribution in [2.45, 2.75) is 38.1 Å². The van der Waals surface area contributed by atoms with E-state index in [0.29, 0.717) is 6.04 Å². The van der Waals surface area contributed by atoms with Gasteiger partial charge in [-0.15, -0.1) is 11.3 Å². The van der Waals surface area contributed by atoms with Gasteiger partial charge in [-0.05, 0) is 92.4 Å². The van der Waals surface area contributed by atoms with Crippen LogP contribution in [0.15, 0.2) is 6.07 Å². The van der Waals surface area contributed by atoms with Gasteiger partial charge in [0.05, 0.1) is 2.88 Å². The highest BCUT2D eigenvalue weighted by atomic mass is 127. The molecule has 1 saturated heterocycles. The predicted octanol–water partition coefficient (Wildman–Crippen LogP) is 3.66. The van der Waals surface area contributed by atoms with E-state index in [9.17, 15) is 0 Å². The summed E-state index contributed by atoms with van der Waals surface area (Å²) < 4.78 is 1.45. The smallest absolute Gasteiger partial charge is 0.0659 e. The van der Waals surface area contributed by atoms with Gasteiger partial charge in [-0.2, -0.15) is 0 Å². The SMILES string of the molecule is CN1CCCC(CNC2CCCc3sc(I)cc32)C1. The third-order valence-electron chi connectivity index (χ3n) is 4.46. The highest BCUT2D eigenvalue weighted by Crippen LogP contribution is 2.36. The Labute approximate surface area is 134 Å². The first-order valence-electron chi connectivity index (χ1n) is 7.42. The highest BCUT2D eigenvalue weighted by Gasteiger charge is 2.24. The first kappa shape index (κ1) is 14.3. The van der Waals surface area contributed by atoms with E-state index in [1.807, 2.05) is 11.3 Å². The van der Waals surface area contributed by atoms with E-state index in [1.54, 1.807) is 10.4 Å². The highest BCUT2D eigenvalue weighted by molar-refractivity contribution is 14.1. The number of hydrogen-bond acceptors (Lipinski definition) is 3. The lowest BCUT2D eigenvalue weighted by molar-refractivity contribution is 0.201. The second kappa shape index (κ2) is 6.41. The molecule has 1 aromatic rings. The number of halogens is 1. The molecule has 1 N–H and O–H groups in total. The minimum atomic E-state index is 0.621. The maximum atomic E-state index is 3.86. The quantitative estimate of drug-likeness (QED) is 0.793. The monoisotopic (exact) mass is 390 g/mol. The van der Waals surface area contributed by atoms with E-state index in [1.165, 1.54) is 54.6 Å². The van der Waals surface area contributed by atoms with Gasteiger partial charge in [0.1, 0.15) is 0 Å². The van der Waals surface area contributed by atoms with E-state index in [0.717, 1.165) is 5.92 Å². The number of thiophene rings is 1. The molecule has 1 aliphatic carbocycles. The number of nitrogens with zero attached hydrogens (tertiary/aromatic N) is 1. The van der Waals surface area contributed by atoms with Crippen molar-refractivity contribution in [3.8, 4) is 0 Å². The third kappa shape index (κ3) is 3.52. The number of aryl methyl sites for hydroxylation is 1. The van der Waals surface area contributed by atoms with Gasteiger partial charge < -0.3 is 10.2 Å². The molecule has 0 amide bonds. The molecule has 0 saturated carbocycles. The lowest BCUT2D eigenvalue weighted by Crippen LogP contribution is -2.38. The molecule has 4 heteroatoms. The molecule has 2 nitrogen and oxygen atoms in total. The Morgan fingerprint density at radius 2 is 2.32 bits per heavy atom. The molecular formula is C15H23IN2S. The molecule has 19 heavy (non-hydrogen) atoms. The summed E-state index contributed by atoms with van der Waals surface area (Å²) in [7, 11) is 2.26. The number of piperidine rings is 1. The van der Waals surface area contributed by atoms with Crippen molar-refractivity contribution in [1.82, 2.24) is 10.2 Å². The lowest BCUT2D eigenvalue weighted by atomic mass is 9.92. The fraction of sp³-hybridized carbons (Fsp3) is 0.733. The van der Waals surface area contributed by atoms with Gasteiger partial charge in [0.2, 0.25) is 0 Å². The molecule has 1 aromatic heterocycles. The fourth-order valence-electron chi connectivity index (χ4n) is 3.48. The summed E-state index contributed by atoms with van der Waals surface area (Å²) in [6.45, 7) is 3.75. The van der Waals surface area contributed by atoms with Gasteiger partial charge in [-0.3, -0.25) is 0 Å². The van der Waals surface area contributed by atoms with Crippen molar-refractivity contribution in [1.29, 1.82) is 0 Å². The van der Waals surface area contributed by atoms with E-state index < -0.39 is 0 Å². The zero-order valence-electron chi connectivity index (χ0n) is 11.6. The van der Waals surface area contributed by atoms with Gasteiger partial charge in [0, 0.05) is 17.5 Å². The second-order valence-electron chi connectivity index (χ2n) is 6.05. The first-order valence-corrected chi connectivity index (χ1v) is 9.32. The van der Waals surface area contributed by atoms with Crippen LogP contribution >= 0.6 is 33.9 Å². The zero-order valence-corrected chi connectivity index (χ0v) is 14.6. The maximum Gasteiger partial charge on any atom is 0.0659 e. The Morgan fingerprint density at radius 1 is 1.42 bits per heavy atom. The van der Waals surface area contributed by atoms with Crippen LogP contribution in [0.4, 0.5) is 0 Å². The Kier molecular flexibility index (Phi) is 4.82. The van der Waals surface area contributed by atoms with Gasteiger partial charge >= 0.3 is 0 Å². The van der Waals surface area contributed by atoms with Crippen LogP contribution in [0.1, 0.15) is 42.2 Å². The van der Waals surface area contributed by atoms with Crippen LogP contribution in [0.2, 0.25) is 0 Å². The van der Waals surface area contributed by atoms with Crippen molar-refractivity contribution in [2.24, 2.45) is 5.92 Å². The van der Waals surface area contributed by atoms with Crippen LogP contribution in [-0.4, -0.2) is 31.6 Å². The molecule has 1 fully saturated rings. The molecular weight excluding hydrogens is 367 g/mol. The first-order chi connectivity index (χ1) is 9.22. The van der Waals surface area contributed by atoms with Crippen molar-refractivity contribution in [3.05, 3.63) is 19.4 Å². The van der Waals surface area contributed by atoms with Crippen molar-refractivity contribution in [2.75, 3.05) is 26.7 Å². The molecule has 0 spiro atoms. The summed E-state index contributed by atoms with van der Waals surface area (Å²) in [6, 6.07) is 3.03. The van der Waals surface area contributed by atoms with Crippen molar-refractivity contribution in [3.63, 3.8) is 0 Å². The van der Waals surface area contributed by atoms with Crippen molar-refractivity contribution >= 4 is 33.9 Å². The Hall–Kier alpha value is 0.350. The summed E-state index contributed by atoms with van der Waals surface area (Å²) in [5.41, 5.74) is 1.60. The summed E-state index contributed by atoms with van der Waals surface area (Å²) >= 11 is 4.46. The molecule has 106 valence electrons. The van der Waals surface area contributed by atoms with Crippen LogP contribution in [-0.2, 0) is 6.42 Å². The van der Waals surface area contributed by atoms with Gasteiger partial charge in [-0.25, -0.2) is 0 Å². The van der Waals surface area contributed by atoms with E-state index >= 15 is 0 Å². The predicted molar refractivity (Wildman–Crippen MR) is 90.9 cm³/mol. The molecule has 2 heterocycles. The Morgan fingerprint density at radius 3 is 3.16 bits per heavy atom. The molecule has 2 aliphatic rings. The molecule has 0 aromatic carbocycles. The molecule has 1 aliphatic heterocycles. The lowest BCUT2D eigenvalue weighted by Gasteiger charge is -2.32. The molecule has 2 atom stereocenters. The van der Waals surface area contributed by atoms with Crippen molar-refractivity contribution < 1.29 is 0 Å². The van der Waals surface area contributed by atoms with Crippen LogP contribution < -0.4 is 5.32 Å². The minimum absolute atomic E-state index is 0.621. The molecule has 0 radical (unpaired) electrons. The number of likely N-dealkylation sites (tertiary alicyclic amines) is 1. The summed E-state index contributed by atoms with van der Waals surface area (Å²) in [6.07, 6.45) is 6.74. The van der Waals surface area contributed by atoms with Crippen LogP contribution in [0, 0.1) is 8.80 Å². The molecule has 3 rings (SSSR count). The largest absolute Gasteiger partial charge is 0.310 e. The van der Waals surface area contributed by atoms with E-state index in [2.05, 4.69) is 45.9 Å². The second-order valence-corrected chi connectivity index (χ2v) is 9.08. The molecule has 0 bridgehead atoms. The summed E-state index contributed by atoms with van der Waals surface area (Å²) in [5.74, 6) is 0.849. The average Bonchev–Trinajstić information content (AvgIpc) is 2.77. The minimum Gasteiger partial charge on any atom is -0.310 e. The summed E-state index contributed by atoms with van der Waals surface area (Å²) in [4.78, 5) is 4.12. The van der Waals surface area contributed by atoms with Gasteiger partial charge in [0.15, 0.2) is 0 Å². The topological polar surface area (TPSA) is 15.3 Å². The summed E-state index contributed by atoms with van der Waals surface area (Å²) in [5, 5.41) is 3.86. The van der Waals surface area contributed by atoms with E-state index in [-0.39, 0.29) is 0 Å². The number of nitrogens with one attached hydrogen (secondary N) is 1. The van der Waals surface area contributed by atoms with Gasteiger partial charge in [0.25, 0.3) is 0 Å². The maximum absolute atomic E-state index is 3.86. The standard InChI is InChI=1S/C15H23IN2S/c1-18-7-3-4-11(10-18)9-17-13-5-2-6-14-12(13)8-15(16)19-14/h8,11,13,17H,2-7,9-10H2,1H3. The Bertz CT molecular complexity index is 432. The number of hydrogen-bond donors (Lipinski definition) is 1. The molecule has 2 unspecified atom stereocenters. The van der Waals surface area contributed by atoms with Crippen LogP contribution in [0.25, 0.3) is 0 Å². The Balaban J connectivity index is 1.58. The van der Waals surface area contributed by atoms with Gasteiger partial charge in [-0.1, -0.05) is 0 Å². The number of rotatable bonds is 3. The average molecular weight is 390 g/mol. The zero-order chi connectivity index (χ0) is 13.2. The number of fused-ring (bicyclic) bond motifs is 1. The van der Waals surface area contributed by atoms with Crippen LogP contribution in [0.5, 0.6) is 0 Å². The normalized spacial score (nSPS) is 28.3. The van der Waals surface area contributed by atoms with E-state index in [4.69, 9.17) is 0 Å². The van der Waals surface area contributed by atoms with Crippen LogP contribution in [0.3, 0.4) is 0 Å².